The van der Waals surface area contributed by atoms with Gasteiger partial charge in [0.05, 0.1) is 0 Å². The maximum Gasteiger partial charge on any atom is 0.179 e. The van der Waals surface area contributed by atoms with E-state index < -0.39 is 6.10 Å². The van der Waals surface area contributed by atoms with Gasteiger partial charge in [0.2, 0.25) is 0 Å². The van der Waals surface area contributed by atoms with Crippen LogP contribution in [0, 0.1) is 5.92 Å². The third-order valence-corrected chi connectivity index (χ3v) is 3.84. The Balaban J connectivity index is 1.69. The SMILES string of the molecule is O[C@@H](c1n[nH]c(C2CC2)n1)C1CCCCC1. The van der Waals surface area contributed by atoms with E-state index in [1.807, 2.05) is 0 Å². The minimum Gasteiger partial charge on any atom is -0.385 e. The first kappa shape index (κ1) is 10.3. The van der Waals surface area contributed by atoms with Crippen LogP contribution in [0.4, 0.5) is 0 Å². The molecule has 4 heteroatoms. The largest absolute Gasteiger partial charge is 0.385 e. The Kier molecular flexibility index (Phi) is 2.67. The van der Waals surface area contributed by atoms with E-state index in [9.17, 15) is 5.11 Å². The first-order valence-corrected chi connectivity index (χ1v) is 6.45. The zero-order valence-electron chi connectivity index (χ0n) is 9.52. The van der Waals surface area contributed by atoms with Gasteiger partial charge < -0.3 is 5.11 Å². The topological polar surface area (TPSA) is 61.8 Å². The van der Waals surface area contributed by atoms with Crippen molar-refractivity contribution < 1.29 is 5.11 Å². The van der Waals surface area contributed by atoms with Crippen molar-refractivity contribution >= 4 is 0 Å². The van der Waals surface area contributed by atoms with Crippen LogP contribution >= 0.6 is 0 Å². The lowest BCUT2D eigenvalue weighted by atomic mass is 9.85. The molecule has 4 nitrogen and oxygen atoms in total. The van der Waals surface area contributed by atoms with Crippen molar-refractivity contribution in [1.29, 1.82) is 0 Å². The molecule has 0 amide bonds. The quantitative estimate of drug-likeness (QED) is 0.823. The number of nitrogens with zero attached hydrogens (tertiary/aromatic N) is 2. The Morgan fingerprint density at radius 1 is 1.12 bits per heavy atom. The third kappa shape index (κ3) is 1.98. The molecule has 0 aromatic carbocycles. The van der Waals surface area contributed by atoms with Crippen molar-refractivity contribution in [2.24, 2.45) is 5.92 Å². The van der Waals surface area contributed by atoms with Crippen LogP contribution in [0.3, 0.4) is 0 Å². The molecule has 1 heterocycles. The minimum absolute atomic E-state index is 0.372. The normalized spacial score (nSPS) is 24.6. The van der Waals surface area contributed by atoms with Crippen molar-refractivity contribution in [2.75, 3.05) is 0 Å². The fourth-order valence-electron chi connectivity index (χ4n) is 2.62. The van der Waals surface area contributed by atoms with Crippen LogP contribution in [0.15, 0.2) is 0 Å². The van der Waals surface area contributed by atoms with Gasteiger partial charge in [0, 0.05) is 5.92 Å². The zero-order valence-corrected chi connectivity index (χ0v) is 9.52. The molecular formula is C12H19N3O. The van der Waals surface area contributed by atoms with Crippen LogP contribution in [0.5, 0.6) is 0 Å². The predicted octanol–water partition coefficient (Wildman–Crippen LogP) is 2.30. The highest BCUT2D eigenvalue weighted by atomic mass is 16.3. The molecular weight excluding hydrogens is 202 g/mol. The van der Waals surface area contributed by atoms with E-state index in [-0.39, 0.29) is 0 Å². The standard InChI is InChI=1S/C12H19N3O/c16-10(8-4-2-1-3-5-8)12-13-11(14-15-12)9-6-7-9/h8-10,16H,1-7H2,(H,13,14,15)/t10-/m1/s1. The summed E-state index contributed by atoms with van der Waals surface area (Å²) in [5.41, 5.74) is 0. The molecule has 0 radical (unpaired) electrons. The molecule has 2 aliphatic carbocycles. The van der Waals surface area contributed by atoms with Gasteiger partial charge in [0.1, 0.15) is 11.9 Å². The molecule has 3 rings (SSSR count). The minimum atomic E-state index is -0.455. The average Bonchev–Trinajstić information content (AvgIpc) is 3.08. The molecule has 2 aliphatic rings. The Morgan fingerprint density at radius 3 is 2.56 bits per heavy atom. The first-order valence-electron chi connectivity index (χ1n) is 6.45. The summed E-state index contributed by atoms with van der Waals surface area (Å²) in [6.07, 6.45) is 8.00. The monoisotopic (exact) mass is 221 g/mol. The van der Waals surface area contributed by atoms with Crippen LogP contribution in [-0.4, -0.2) is 20.3 Å². The highest BCUT2D eigenvalue weighted by molar-refractivity contribution is 5.06. The molecule has 1 aromatic heterocycles. The average molecular weight is 221 g/mol. The lowest BCUT2D eigenvalue weighted by Crippen LogP contribution is -2.17. The van der Waals surface area contributed by atoms with Crippen molar-refractivity contribution in [1.82, 2.24) is 15.2 Å². The van der Waals surface area contributed by atoms with Gasteiger partial charge in [-0.1, -0.05) is 19.3 Å². The number of hydrogen-bond donors (Lipinski definition) is 2. The lowest BCUT2D eigenvalue weighted by molar-refractivity contribution is 0.0774. The van der Waals surface area contributed by atoms with E-state index in [1.165, 1.54) is 32.1 Å². The number of aliphatic hydroxyl groups is 1. The van der Waals surface area contributed by atoms with Crippen LogP contribution in [0.1, 0.15) is 68.6 Å². The second-order valence-electron chi connectivity index (χ2n) is 5.20. The second-order valence-corrected chi connectivity index (χ2v) is 5.20. The molecule has 2 saturated carbocycles. The lowest BCUT2D eigenvalue weighted by Gasteiger charge is -2.24. The number of H-pyrrole nitrogens is 1. The van der Waals surface area contributed by atoms with E-state index in [2.05, 4.69) is 15.2 Å². The summed E-state index contributed by atoms with van der Waals surface area (Å²) in [6, 6.07) is 0. The van der Waals surface area contributed by atoms with Crippen molar-refractivity contribution in [3.05, 3.63) is 11.6 Å². The summed E-state index contributed by atoms with van der Waals surface area (Å²) in [6.45, 7) is 0. The van der Waals surface area contributed by atoms with E-state index in [1.54, 1.807) is 0 Å². The van der Waals surface area contributed by atoms with Crippen LogP contribution in [0.2, 0.25) is 0 Å². The molecule has 0 aliphatic heterocycles. The summed E-state index contributed by atoms with van der Waals surface area (Å²) in [5.74, 6) is 2.55. The Labute approximate surface area is 95.5 Å². The fourth-order valence-corrected chi connectivity index (χ4v) is 2.62. The zero-order chi connectivity index (χ0) is 11.0. The molecule has 88 valence electrons. The number of nitrogens with one attached hydrogen (secondary N) is 1. The fraction of sp³-hybridized carbons (Fsp3) is 0.833. The van der Waals surface area contributed by atoms with Crippen molar-refractivity contribution in [3.63, 3.8) is 0 Å². The summed E-state index contributed by atoms with van der Waals surface area (Å²) < 4.78 is 0. The molecule has 0 spiro atoms. The molecule has 0 bridgehead atoms. The highest BCUT2D eigenvalue weighted by Gasteiger charge is 2.30. The number of aromatic amines is 1. The summed E-state index contributed by atoms with van der Waals surface area (Å²) >= 11 is 0. The molecule has 2 fully saturated rings. The summed E-state index contributed by atoms with van der Waals surface area (Å²) in [5, 5.41) is 17.3. The highest BCUT2D eigenvalue weighted by Crippen LogP contribution is 2.39. The smallest absolute Gasteiger partial charge is 0.179 e. The Hall–Kier alpha value is -0.900. The van der Waals surface area contributed by atoms with Gasteiger partial charge in [-0.2, -0.15) is 5.10 Å². The van der Waals surface area contributed by atoms with Gasteiger partial charge in [-0.3, -0.25) is 5.10 Å². The first-order chi connectivity index (χ1) is 7.84. The second kappa shape index (κ2) is 4.17. The van der Waals surface area contributed by atoms with Gasteiger partial charge in [-0.25, -0.2) is 4.98 Å². The van der Waals surface area contributed by atoms with Gasteiger partial charge in [0.15, 0.2) is 5.82 Å². The molecule has 1 atom stereocenters. The molecule has 0 unspecified atom stereocenters. The molecule has 16 heavy (non-hydrogen) atoms. The summed E-state index contributed by atoms with van der Waals surface area (Å²) in [7, 11) is 0. The maximum absolute atomic E-state index is 10.2. The van der Waals surface area contributed by atoms with E-state index in [0.717, 1.165) is 18.7 Å². The number of rotatable bonds is 3. The van der Waals surface area contributed by atoms with Crippen LogP contribution < -0.4 is 0 Å². The summed E-state index contributed by atoms with van der Waals surface area (Å²) in [4.78, 5) is 4.43. The Bertz CT molecular complexity index is 353. The van der Waals surface area contributed by atoms with Crippen LogP contribution in [0.25, 0.3) is 0 Å². The number of aromatic nitrogens is 3. The molecule has 2 N–H and O–H groups in total. The molecule has 1 aromatic rings. The Morgan fingerprint density at radius 2 is 1.88 bits per heavy atom. The maximum atomic E-state index is 10.2. The van der Waals surface area contributed by atoms with Gasteiger partial charge in [0.25, 0.3) is 0 Å². The van der Waals surface area contributed by atoms with Crippen molar-refractivity contribution in [2.45, 2.75) is 57.0 Å². The van der Waals surface area contributed by atoms with E-state index in [0.29, 0.717) is 17.7 Å². The predicted molar refractivity (Wildman–Crippen MR) is 59.9 cm³/mol. The number of aliphatic hydroxyl groups excluding tert-OH is 1. The third-order valence-electron chi connectivity index (χ3n) is 3.84. The van der Waals surface area contributed by atoms with Gasteiger partial charge >= 0.3 is 0 Å². The van der Waals surface area contributed by atoms with Crippen molar-refractivity contribution in [3.8, 4) is 0 Å². The van der Waals surface area contributed by atoms with Gasteiger partial charge in [-0.15, -0.1) is 0 Å². The van der Waals surface area contributed by atoms with Gasteiger partial charge in [-0.05, 0) is 31.6 Å². The van der Waals surface area contributed by atoms with Crippen LogP contribution in [-0.2, 0) is 0 Å². The van der Waals surface area contributed by atoms with E-state index >= 15 is 0 Å². The van der Waals surface area contributed by atoms with E-state index in [4.69, 9.17) is 0 Å². The number of hydrogen-bond acceptors (Lipinski definition) is 3. The molecule has 0 saturated heterocycles.